The highest BCUT2D eigenvalue weighted by Crippen LogP contribution is 2.27. The summed E-state index contributed by atoms with van der Waals surface area (Å²) in [6.07, 6.45) is -0.598. The summed E-state index contributed by atoms with van der Waals surface area (Å²) < 4.78 is 5.37. The standard InChI is InChI=1S/C22H19NO3/c24-19(16-7-2-1-3-8-16)14-23-13-17-12-21(25)26-20-11-10-15-6-4-5-9-18(15)22(17)20/h1-12,19,23-24H,13-14H2/t19-/m0/s1. The normalized spacial score (nSPS) is 12.5. The van der Waals surface area contributed by atoms with Crippen LogP contribution in [0, 0.1) is 0 Å². The number of hydrogen-bond acceptors (Lipinski definition) is 4. The summed E-state index contributed by atoms with van der Waals surface area (Å²) in [5.74, 6) is 0. The van der Waals surface area contributed by atoms with Crippen molar-refractivity contribution >= 4 is 21.7 Å². The van der Waals surface area contributed by atoms with Crippen LogP contribution in [-0.4, -0.2) is 11.7 Å². The fourth-order valence-electron chi connectivity index (χ4n) is 3.30. The van der Waals surface area contributed by atoms with E-state index in [4.69, 9.17) is 4.42 Å². The van der Waals surface area contributed by atoms with Gasteiger partial charge in [0.1, 0.15) is 5.58 Å². The third-order valence-electron chi connectivity index (χ3n) is 4.55. The minimum atomic E-state index is -0.598. The Bertz CT molecular complexity index is 1100. The first-order chi connectivity index (χ1) is 12.7. The van der Waals surface area contributed by atoms with E-state index < -0.39 is 6.10 Å². The zero-order chi connectivity index (χ0) is 17.9. The predicted molar refractivity (Wildman–Crippen MR) is 103 cm³/mol. The summed E-state index contributed by atoms with van der Waals surface area (Å²) in [7, 11) is 0. The summed E-state index contributed by atoms with van der Waals surface area (Å²) in [5.41, 5.74) is 1.95. The van der Waals surface area contributed by atoms with Crippen LogP contribution in [0.2, 0.25) is 0 Å². The van der Waals surface area contributed by atoms with E-state index in [1.165, 1.54) is 6.07 Å². The molecule has 1 atom stereocenters. The van der Waals surface area contributed by atoms with E-state index in [9.17, 15) is 9.90 Å². The van der Waals surface area contributed by atoms with Gasteiger partial charge in [-0.3, -0.25) is 0 Å². The van der Waals surface area contributed by atoms with Crippen molar-refractivity contribution in [3.63, 3.8) is 0 Å². The molecule has 0 aliphatic carbocycles. The van der Waals surface area contributed by atoms with Gasteiger partial charge in [-0.2, -0.15) is 0 Å². The predicted octanol–water partition coefficient (Wildman–Crippen LogP) is 3.77. The van der Waals surface area contributed by atoms with Crippen LogP contribution in [0.4, 0.5) is 0 Å². The topological polar surface area (TPSA) is 62.5 Å². The summed E-state index contributed by atoms with van der Waals surface area (Å²) in [4.78, 5) is 11.9. The lowest BCUT2D eigenvalue weighted by Gasteiger charge is -2.13. The van der Waals surface area contributed by atoms with Gasteiger partial charge in [-0.15, -0.1) is 0 Å². The minimum Gasteiger partial charge on any atom is -0.423 e. The molecule has 0 radical (unpaired) electrons. The van der Waals surface area contributed by atoms with E-state index >= 15 is 0 Å². The maximum atomic E-state index is 11.9. The van der Waals surface area contributed by atoms with Crippen LogP contribution in [0.25, 0.3) is 21.7 Å². The monoisotopic (exact) mass is 345 g/mol. The van der Waals surface area contributed by atoms with Gasteiger partial charge in [0, 0.05) is 24.5 Å². The van der Waals surface area contributed by atoms with E-state index in [1.54, 1.807) is 0 Å². The second-order valence-corrected chi connectivity index (χ2v) is 6.31. The number of nitrogens with one attached hydrogen (secondary N) is 1. The molecule has 1 aromatic heterocycles. The van der Waals surface area contributed by atoms with Crippen LogP contribution in [0.5, 0.6) is 0 Å². The molecule has 0 aliphatic heterocycles. The maximum Gasteiger partial charge on any atom is 0.336 e. The van der Waals surface area contributed by atoms with Crippen molar-refractivity contribution in [2.75, 3.05) is 6.54 Å². The fourth-order valence-corrected chi connectivity index (χ4v) is 3.30. The van der Waals surface area contributed by atoms with E-state index in [-0.39, 0.29) is 5.63 Å². The first kappa shape index (κ1) is 16.5. The molecule has 4 aromatic rings. The van der Waals surface area contributed by atoms with Gasteiger partial charge in [-0.25, -0.2) is 4.79 Å². The van der Waals surface area contributed by atoms with Crippen molar-refractivity contribution in [3.8, 4) is 0 Å². The molecule has 0 aliphatic rings. The summed E-state index contributed by atoms with van der Waals surface area (Å²) in [6.45, 7) is 0.872. The quantitative estimate of drug-likeness (QED) is 0.427. The molecule has 4 rings (SSSR count). The number of benzene rings is 3. The maximum absolute atomic E-state index is 11.9. The molecule has 130 valence electrons. The third kappa shape index (κ3) is 3.25. The highest BCUT2D eigenvalue weighted by molar-refractivity contribution is 6.07. The van der Waals surface area contributed by atoms with Crippen LogP contribution in [0.15, 0.2) is 82.0 Å². The Labute approximate surface area is 150 Å². The molecular formula is C22H19NO3. The smallest absolute Gasteiger partial charge is 0.336 e. The SMILES string of the molecule is O=c1cc(CNC[C@H](O)c2ccccc2)c2c(ccc3ccccc32)o1. The van der Waals surface area contributed by atoms with Gasteiger partial charge in [0.25, 0.3) is 0 Å². The van der Waals surface area contributed by atoms with Crippen LogP contribution in [-0.2, 0) is 6.54 Å². The molecule has 4 heteroatoms. The van der Waals surface area contributed by atoms with E-state index in [2.05, 4.69) is 5.32 Å². The van der Waals surface area contributed by atoms with Gasteiger partial charge in [0.2, 0.25) is 0 Å². The summed E-state index contributed by atoms with van der Waals surface area (Å²) in [5, 5.41) is 16.6. The Morgan fingerprint density at radius 2 is 1.73 bits per heavy atom. The van der Waals surface area contributed by atoms with Gasteiger partial charge in [-0.05, 0) is 28.0 Å². The first-order valence-corrected chi connectivity index (χ1v) is 8.60. The highest BCUT2D eigenvalue weighted by atomic mass is 16.4. The zero-order valence-electron chi connectivity index (χ0n) is 14.2. The van der Waals surface area contributed by atoms with Crippen molar-refractivity contribution in [2.24, 2.45) is 0 Å². The summed E-state index contributed by atoms with van der Waals surface area (Å²) >= 11 is 0. The van der Waals surface area contributed by atoms with Crippen LogP contribution in [0.3, 0.4) is 0 Å². The van der Waals surface area contributed by atoms with Crippen LogP contribution < -0.4 is 10.9 Å². The Morgan fingerprint density at radius 3 is 2.58 bits per heavy atom. The largest absolute Gasteiger partial charge is 0.423 e. The van der Waals surface area contributed by atoms with Crippen molar-refractivity contribution in [1.29, 1.82) is 0 Å². The second-order valence-electron chi connectivity index (χ2n) is 6.31. The van der Waals surface area contributed by atoms with Crippen molar-refractivity contribution in [2.45, 2.75) is 12.6 Å². The van der Waals surface area contributed by atoms with E-state index in [0.29, 0.717) is 18.7 Å². The number of aliphatic hydroxyl groups is 1. The Balaban J connectivity index is 1.63. The molecule has 0 spiro atoms. The zero-order valence-corrected chi connectivity index (χ0v) is 14.2. The number of fused-ring (bicyclic) bond motifs is 3. The Morgan fingerprint density at radius 1 is 0.962 bits per heavy atom. The number of aliphatic hydroxyl groups excluding tert-OH is 1. The highest BCUT2D eigenvalue weighted by Gasteiger charge is 2.11. The molecule has 0 amide bonds. The van der Waals surface area contributed by atoms with Gasteiger partial charge < -0.3 is 14.8 Å². The van der Waals surface area contributed by atoms with E-state index in [1.807, 2.05) is 66.7 Å². The number of rotatable bonds is 5. The van der Waals surface area contributed by atoms with Crippen molar-refractivity contribution in [1.82, 2.24) is 5.32 Å². The molecule has 0 unspecified atom stereocenters. The molecule has 0 saturated carbocycles. The third-order valence-corrected chi connectivity index (χ3v) is 4.55. The summed E-state index contributed by atoms with van der Waals surface area (Å²) in [6, 6.07) is 22.9. The molecule has 0 fully saturated rings. The molecule has 0 bridgehead atoms. The lowest BCUT2D eigenvalue weighted by molar-refractivity contribution is 0.174. The molecule has 0 saturated heterocycles. The van der Waals surface area contributed by atoms with Crippen molar-refractivity contribution < 1.29 is 9.52 Å². The Hall–Kier alpha value is -2.95. The fraction of sp³-hybridized carbons (Fsp3) is 0.136. The lowest BCUT2D eigenvalue weighted by atomic mass is 10.0. The second kappa shape index (κ2) is 7.12. The van der Waals surface area contributed by atoms with Crippen LogP contribution in [0.1, 0.15) is 17.2 Å². The average molecular weight is 345 g/mol. The van der Waals surface area contributed by atoms with Gasteiger partial charge in [0.05, 0.1) is 6.10 Å². The minimum absolute atomic E-state index is 0.367. The van der Waals surface area contributed by atoms with Crippen molar-refractivity contribution in [3.05, 3.63) is 94.3 Å². The van der Waals surface area contributed by atoms with Crippen LogP contribution >= 0.6 is 0 Å². The molecule has 1 heterocycles. The average Bonchev–Trinajstić information content (AvgIpc) is 2.68. The first-order valence-electron chi connectivity index (χ1n) is 8.60. The molecule has 4 nitrogen and oxygen atoms in total. The van der Waals surface area contributed by atoms with Gasteiger partial charge in [0.15, 0.2) is 0 Å². The molecule has 3 aromatic carbocycles. The van der Waals surface area contributed by atoms with Gasteiger partial charge in [-0.1, -0.05) is 60.7 Å². The number of hydrogen-bond donors (Lipinski definition) is 2. The lowest BCUT2D eigenvalue weighted by Crippen LogP contribution is -2.21. The molecular weight excluding hydrogens is 326 g/mol. The molecule has 2 N–H and O–H groups in total. The Kier molecular flexibility index (Phi) is 4.52. The van der Waals surface area contributed by atoms with Gasteiger partial charge >= 0.3 is 5.63 Å². The molecule has 26 heavy (non-hydrogen) atoms. The van der Waals surface area contributed by atoms with E-state index in [0.717, 1.165) is 27.3 Å².